The van der Waals surface area contributed by atoms with Crippen LogP contribution in [0.5, 0.6) is 0 Å². The van der Waals surface area contributed by atoms with Crippen LogP contribution in [-0.4, -0.2) is 18.4 Å². The molecule has 0 unspecified atom stereocenters. The van der Waals surface area contributed by atoms with Crippen molar-refractivity contribution in [1.29, 1.82) is 0 Å². The third-order valence-corrected chi connectivity index (χ3v) is 6.70. The van der Waals surface area contributed by atoms with Gasteiger partial charge in [-0.1, -0.05) is 30.3 Å². The molecule has 8 heteroatoms. The van der Waals surface area contributed by atoms with E-state index in [1.165, 1.54) is 23.5 Å². The van der Waals surface area contributed by atoms with Crippen LogP contribution >= 0.6 is 11.3 Å². The predicted molar refractivity (Wildman–Crippen MR) is 110 cm³/mol. The molecule has 28 heavy (non-hydrogen) atoms. The van der Waals surface area contributed by atoms with Gasteiger partial charge in [0.1, 0.15) is 0 Å². The van der Waals surface area contributed by atoms with Gasteiger partial charge in [-0.3, -0.25) is 4.72 Å². The first-order chi connectivity index (χ1) is 13.4. The Bertz CT molecular complexity index is 1190. The van der Waals surface area contributed by atoms with Gasteiger partial charge in [0, 0.05) is 16.0 Å². The van der Waals surface area contributed by atoms with E-state index in [1.807, 2.05) is 44.2 Å². The van der Waals surface area contributed by atoms with Crippen LogP contribution in [0.1, 0.15) is 10.6 Å². The lowest BCUT2D eigenvalue weighted by Gasteiger charge is -2.05. The van der Waals surface area contributed by atoms with E-state index >= 15 is 0 Å². The highest BCUT2D eigenvalue weighted by Gasteiger charge is 2.17. The molecule has 0 saturated carbocycles. The second-order valence-corrected chi connectivity index (χ2v) is 9.07. The van der Waals surface area contributed by atoms with Crippen LogP contribution < -0.4 is 4.72 Å². The van der Waals surface area contributed by atoms with E-state index < -0.39 is 10.0 Å². The minimum atomic E-state index is -3.71. The average molecular weight is 412 g/mol. The van der Waals surface area contributed by atoms with Crippen LogP contribution in [0, 0.1) is 13.8 Å². The van der Waals surface area contributed by atoms with Gasteiger partial charge in [0.2, 0.25) is 5.89 Å². The van der Waals surface area contributed by atoms with Crippen molar-refractivity contribution in [3.63, 3.8) is 0 Å². The maximum atomic E-state index is 12.6. The number of hydrogen-bond acceptors (Lipinski definition) is 6. The van der Waals surface area contributed by atoms with Crippen molar-refractivity contribution in [3.8, 4) is 22.8 Å². The topological polar surface area (TPSA) is 85.1 Å². The van der Waals surface area contributed by atoms with Gasteiger partial charge in [-0.2, -0.15) is 0 Å². The Hall–Kier alpha value is -2.97. The summed E-state index contributed by atoms with van der Waals surface area (Å²) in [6.45, 7) is 3.75. The first-order valence-electron chi connectivity index (χ1n) is 8.51. The number of rotatable bonds is 5. The first-order valence-corrected chi connectivity index (χ1v) is 10.8. The van der Waals surface area contributed by atoms with E-state index in [4.69, 9.17) is 4.42 Å². The zero-order valence-corrected chi connectivity index (χ0v) is 16.8. The molecular formula is C20H17N3O3S2. The summed E-state index contributed by atoms with van der Waals surface area (Å²) in [4.78, 5) is 9.64. The molecule has 0 fully saturated rings. The highest BCUT2D eigenvalue weighted by atomic mass is 32.2. The quantitative estimate of drug-likeness (QED) is 0.506. The van der Waals surface area contributed by atoms with Gasteiger partial charge < -0.3 is 4.42 Å². The Labute approximate surface area is 167 Å². The highest BCUT2D eigenvalue weighted by Crippen LogP contribution is 2.28. The van der Waals surface area contributed by atoms with Gasteiger partial charge in [0.15, 0.2) is 10.9 Å². The summed E-state index contributed by atoms with van der Waals surface area (Å²) >= 11 is 1.31. The summed E-state index contributed by atoms with van der Waals surface area (Å²) in [5.41, 5.74) is 2.44. The standard InChI is InChI=1S/C20H17N3O3S2/c1-13-14(2)27-20(22-13)23-28(24,25)17-10-8-16(9-11-17)19-21-12-18(26-19)15-6-4-3-5-7-15/h3-12H,1-2H3,(H,22,23). The summed E-state index contributed by atoms with van der Waals surface area (Å²) in [7, 11) is -3.71. The second-order valence-electron chi connectivity index (χ2n) is 6.19. The number of oxazole rings is 1. The molecule has 1 N–H and O–H groups in total. The Balaban J connectivity index is 1.56. The van der Waals surface area contributed by atoms with Gasteiger partial charge in [0.05, 0.1) is 16.8 Å². The number of nitrogens with zero attached hydrogens (tertiary/aromatic N) is 2. The fraction of sp³-hybridized carbons (Fsp3) is 0.100. The second kappa shape index (κ2) is 7.21. The van der Waals surface area contributed by atoms with Crippen molar-refractivity contribution in [2.45, 2.75) is 18.7 Å². The first kappa shape index (κ1) is 18.4. The van der Waals surface area contributed by atoms with E-state index in [1.54, 1.807) is 18.3 Å². The number of thiazole rings is 1. The molecule has 0 saturated heterocycles. The maximum absolute atomic E-state index is 12.6. The number of nitrogens with one attached hydrogen (secondary N) is 1. The maximum Gasteiger partial charge on any atom is 0.263 e. The minimum Gasteiger partial charge on any atom is -0.436 e. The number of aryl methyl sites for hydroxylation is 2. The molecule has 0 radical (unpaired) electrons. The Morgan fingerprint density at radius 3 is 2.32 bits per heavy atom. The fourth-order valence-electron chi connectivity index (χ4n) is 2.61. The van der Waals surface area contributed by atoms with Gasteiger partial charge in [-0.15, -0.1) is 11.3 Å². The van der Waals surface area contributed by atoms with E-state index in [2.05, 4.69) is 14.7 Å². The Kier molecular flexibility index (Phi) is 4.74. The third-order valence-electron chi connectivity index (χ3n) is 4.23. The largest absolute Gasteiger partial charge is 0.436 e. The molecule has 4 aromatic rings. The van der Waals surface area contributed by atoms with Gasteiger partial charge in [-0.25, -0.2) is 18.4 Å². The zero-order valence-electron chi connectivity index (χ0n) is 15.2. The lowest BCUT2D eigenvalue weighted by molar-refractivity contribution is 0.588. The molecule has 142 valence electrons. The van der Waals surface area contributed by atoms with E-state index in [0.717, 1.165) is 16.1 Å². The van der Waals surface area contributed by atoms with E-state index in [0.29, 0.717) is 22.3 Å². The molecule has 0 aliphatic rings. The number of sulfonamides is 1. The number of anilines is 1. The molecule has 2 aromatic heterocycles. The zero-order chi connectivity index (χ0) is 19.7. The molecule has 2 aromatic carbocycles. The number of benzene rings is 2. The van der Waals surface area contributed by atoms with Crippen LogP contribution in [0.15, 0.2) is 70.1 Å². The minimum absolute atomic E-state index is 0.150. The van der Waals surface area contributed by atoms with Crippen LogP contribution in [0.25, 0.3) is 22.8 Å². The molecule has 6 nitrogen and oxygen atoms in total. The molecule has 0 spiro atoms. The molecular weight excluding hydrogens is 394 g/mol. The summed E-state index contributed by atoms with van der Waals surface area (Å²) in [6.07, 6.45) is 1.66. The van der Waals surface area contributed by atoms with Gasteiger partial charge in [-0.05, 0) is 38.1 Å². The molecule has 0 aliphatic heterocycles. The van der Waals surface area contributed by atoms with Crippen molar-refractivity contribution < 1.29 is 12.8 Å². The SMILES string of the molecule is Cc1nc(NS(=O)(=O)c2ccc(-c3ncc(-c4ccccc4)o3)cc2)sc1C. The van der Waals surface area contributed by atoms with Crippen LogP contribution in [0.3, 0.4) is 0 Å². The van der Waals surface area contributed by atoms with E-state index in [9.17, 15) is 8.42 Å². The molecule has 0 aliphatic carbocycles. The summed E-state index contributed by atoms with van der Waals surface area (Å²) in [6, 6.07) is 16.1. The number of aromatic nitrogens is 2. The molecule has 4 rings (SSSR count). The lowest BCUT2D eigenvalue weighted by Crippen LogP contribution is -2.12. The van der Waals surface area contributed by atoms with E-state index in [-0.39, 0.29) is 4.90 Å². The predicted octanol–water partition coefficient (Wildman–Crippen LogP) is 4.88. The van der Waals surface area contributed by atoms with Crippen molar-refractivity contribution in [2.75, 3.05) is 4.72 Å². The van der Waals surface area contributed by atoms with Crippen molar-refractivity contribution in [3.05, 3.63) is 71.4 Å². The highest BCUT2D eigenvalue weighted by molar-refractivity contribution is 7.93. The summed E-state index contributed by atoms with van der Waals surface area (Å²) < 4.78 is 33.5. The van der Waals surface area contributed by atoms with Crippen LogP contribution in [-0.2, 0) is 10.0 Å². The average Bonchev–Trinajstić information content (AvgIpc) is 3.29. The Morgan fingerprint density at radius 1 is 0.964 bits per heavy atom. The molecule has 2 heterocycles. The van der Waals surface area contributed by atoms with Crippen LogP contribution in [0.2, 0.25) is 0 Å². The smallest absolute Gasteiger partial charge is 0.263 e. The summed E-state index contributed by atoms with van der Waals surface area (Å²) in [5.74, 6) is 1.09. The monoisotopic (exact) mass is 411 g/mol. The van der Waals surface area contributed by atoms with Crippen molar-refractivity contribution in [1.82, 2.24) is 9.97 Å². The molecule has 0 bridgehead atoms. The fourth-order valence-corrected chi connectivity index (χ4v) is 4.66. The van der Waals surface area contributed by atoms with Gasteiger partial charge in [0.25, 0.3) is 10.0 Å². The summed E-state index contributed by atoms with van der Waals surface area (Å²) in [5, 5.41) is 0.360. The number of hydrogen-bond donors (Lipinski definition) is 1. The van der Waals surface area contributed by atoms with Crippen molar-refractivity contribution >= 4 is 26.5 Å². The lowest BCUT2D eigenvalue weighted by atomic mass is 10.2. The Morgan fingerprint density at radius 2 is 1.68 bits per heavy atom. The molecule has 0 atom stereocenters. The normalized spacial score (nSPS) is 11.5. The van der Waals surface area contributed by atoms with Crippen molar-refractivity contribution in [2.24, 2.45) is 0 Å². The van der Waals surface area contributed by atoms with Gasteiger partial charge >= 0.3 is 0 Å². The molecule has 0 amide bonds. The van der Waals surface area contributed by atoms with Crippen LogP contribution in [0.4, 0.5) is 5.13 Å². The third kappa shape index (κ3) is 3.69.